The largest absolute Gasteiger partial charge is 0.461 e. The van der Waals surface area contributed by atoms with Crippen molar-refractivity contribution in [3.63, 3.8) is 0 Å². The van der Waals surface area contributed by atoms with E-state index in [9.17, 15) is 4.79 Å². The molecule has 0 unspecified atom stereocenters. The summed E-state index contributed by atoms with van der Waals surface area (Å²) in [7, 11) is 0. The van der Waals surface area contributed by atoms with Gasteiger partial charge < -0.3 is 9.30 Å². The molecule has 0 fully saturated rings. The Kier molecular flexibility index (Phi) is 3.80. The lowest BCUT2D eigenvalue weighted by Gasteiger charge is -2.14. The Morgan fingerprint density at radius 3 is 2.70 bits per heavy atom. The van der Waals surface area contributed by atoms with Crippen molar-refractivity contribution in [2.45, 2.75) is 33.7 Å². The van der Waals surface area contributed by atoms with Crippen molar-refractivity contribution in [2.75, 3.05) is 6.61 Å². The van der Waals surface area contributed by atoms with Crippen molar-refractivity contribution < 1.29 is 9.53 Å². The lowest BCUT2D eigenvalue weighted by molar-refractivity contribution is 0.0512. The molecule has 104 valence electrons. The number of carbonyl (C=O) groups excluding carboxylic acids is 1. The smallest absolute Gasteiger partial charge is 0.355 e. The fraction of sp³-hybridized carbons (Fsp3) is 0.375. The van der Waals surface area contributed by atoms with Crippen LogP contribution >= 0.6 is 0 Å². The minimum absolute atomic E-state index is 0.138. The van der Waals surface area contributed by atoms with E-state index in [1.807, 2.05) is 37.5 Å². The van der Waals surface area contributed by atoms with Crippen LogP contribution in [-0.2, 0) is 4.74 Å². The van der Waals surface area contributed by atoms with Crippen LogP contribution in [0.4, 0.5) is 0 Å². The number of ether oxygens (including phenoxy) is 1. The third-order valence-electron chi connectivity index (χ3n) is 3.37. The molecule has 0 bridgehead atoms. The van der Waals surface area contributed by atoms with Crippen molar-refractivity contribution in [1.82, 2.24) is 4.57 Å². The quantitative estimate of drug-likeness (QED) is 0.801. The molecule has 0 aliphatic rings. The average molecular weight is 270 g/mol. The van der Waals surface area contributed by atoms with Crippen molar-refractivity contribution in [1.29, 1.82) is 5.26 Å². The number of rotatable bonds is 3. The molecule has 0 radical (unpaired) electrons. The summed E-state index contributed by atoms with van der Waals surface area (Å²) in [5.41, 5.74) is 2.99. The molecule has 0 saturated carbocycles. The van der Waals surface area contributed by atoms with Gasteiger partial charge in [0.15, 0.2) is 0 Å². The van der Waals surface area contributed by atoms with E-state index in [4.69, 9.17) is 10.00 Å². The number of carbonyl (C=O) groups is 1. The maximum atomic E-state index is 12.2. The van der Waals surface area contributed by atoms with Crippen molar-refractivity contribution in [2.24, 2.45) is 0 Å². The first-order chi connectivity index (χ1) is 9.51. The molecule has 0 saturated heterocycles. The van der Waals surface area contributed by atoms with E-state index in [1.54, 1.807) is 13.0 Å². The predicted molar refractivity (Wildman–Crippen MR) is 77.7 cm³/mol. The van der Waals surface area contributed by atoms with Crippen LogP contribution < -0.4 is 0 Å². The number of benzene rings is 1. The average Bonchev–Trinajstić information content (AvgIpc) is 2.72. The number of hydrogen-bond donors (Lipinski definition) is 0. The van der Waals surface area contributed by atoms with Gasteiger partial charge in [-0.25, -0.2) is 4.79 Å². The minimum atomic E-state index is -0.312. The molecule has 0 spiro atoms. The second-order valence-corrected chi connectivity index (χ2v) is 5.00. The molecule has 1 aromatic carbocycles. The molecule has 0 aliphatic heterocycles. The Balaban J connectivity index is 2.79. The number of fused-ring (bicyclic) bond motifs is 1. The Labute approximate surface area is 118 Å². The second kappa shape index (κ2) is 5.38. The van der Waals surface area contributed by atoms with Gasteiger partial charge >= 0.3 is 5.97 Å². The van der Waals surface area contributed by atoms with E-state index >= 15 is 0 Å². The summed E-state index contributed by atoms with van der Waals surface area (Å²) < 4.78 is 7.14. The lowest BCUT2D eigenvalue weighted by Crippen LogP contribution is -2.14. The van der Waals surface area contributed by atoms with Crippen LogP contribution in [0, 0.1) is 18.3 Å². The summed E-state index contributed by atoms with van der Waals surface area (Å²) in [5, 5.41) is 9.95. The summed E-state index contributed by atoms with van der Waals surface area (Å²) in [4.78, 5) is 12.2. The molecule has 0 amide bonds. The maximum Gasteiger partial charge on any atom is 0.355 e. The summed E-state index contributed by atoms with van der Waals surface area (Å²) in [6.45, 7) is 8.10. The van der Waals surface area contributed by atoms with Gasteiger partial charge in [-0.3, -0.25) is 0 Å². The molecule has 1 heterocycles. The maximum absolute atomic E-state index is 12.2. The number of aryl methyl sites for hydroxylation is 1. The fourth-order valence-electron chi connectivity index (χ4n) is 2.53. The van der Waals surface area contributed by atoms with Gasteiger partial charge in [-0.15, -0.1) is 0 Å². The van der Waals surface area contributed by atoms with Gasteiger partial charge in [0, 0.05) is 16.9 Å². The van der Waals surface area contributed by atoms with Gasteiger partial charge in [0.2, 0.25) is 0 Å². The molecular formula is C16H18N2O2. The van der Waals surface area contributed by atoms with Crippen LogP contribution in [0.25, 0.3) is 10.9 Å². The summed E-state index contributed by atoms with van der Waals surface area (Å²) in [6, 6.07) is 7.76. The highest BCUT2D eigenvalue weighted by Crippen LogP contribution is 2.30. The van der Waals surface area contributed by atoms with Crippen LogP contribution in [0.2, 0.25) is 0 Å². The van der Waals surface area contributed by atoms with Gasteiger partial charge in [0.1, 0.15) is 5.69 Å². The topological polar surface area (TPSA) is 55.0 Å². The highest BCUT2D eigenvalue weighted by molar-refractivity contribution is 5.99. The van der Waals surface area contributed by atoms with Crippen molar-refractivity contribution in [3.05, 3.63) is 35.0 Å². The molecule has 0 atom stereocenters. The number of aromatic nitrogens is 1. The van der Waals surface area contributed by atoms with Crippen molar-refractivity contribution in [3.8, 4) is 6.07 Å². The van der Waals surface area contributed by atoms with Crippen LogP contribution in [-0.4, -0.2) is 17.1 Å². The molecule has 2 aromatic rings. The zero-order valence-electron chi connectivity index (χ0n) is 12.2. The highest BCUT2D eigenvalue weighted by atomic mass is 16.5. The molecule has 2 rings (SSSR count). The molecule has 0 aliphatic carbocycles. The van der Waals surface area contributed by atoms with Crippen LogP contribution in [0.1, 0.15) is 48.4 Å². The third-order valence-corrected chi connectivity index (χ3v) is 3.37. The second-order valence-electron chi connectivity index (χ2n) is 5.00. The van der Waals surface area contributed by atoms with Gasteiger partial charge in [-0.1, -0.05) is 0 Å². The Hall–Kier alpha value is -2.28. The van der Waals surface area contributed by atoms with Crippen molar-refractivity contribution >= 4 is 16.9 Å². The molecule has 20 heavy (non-hydrogen) atoms. The number of nitrogens with zero attached hydrogens (tertiary/aromatic N) is 2. The number of esters is 1. The summed E-state index contributed by atoms with van der Waals surface area (Å²) in [5.74, 6) is -0.312. The number of hydrogen-bond acceptors (Lipinski definition) is 3. The monoisotopic (exact) mass is 270 g/mol. The van der Waals surface area contributed by atoms with Gasteiger partial charge in [-0.2, -0.15) is 5.26 Å². The third kappa shape index (κ3) is 2.16. The van der Waals surface area contributed by atoms with Gasteiger partial charge in [0.25, 0.3) is 0 Å². The lowest BCUT2D eigenvalue weighted by atomic mass is 10.1. The van der Waals surface area contributed by atoms with Crippen LogP contribution in [0.15, 0.2) is 18.2 Å². The Morgan fingerprint density at radius 2 is 2.15 bits per heavy atom. The van der Waals surface area contributed by atoms with E-state index in [2.05, 4.69) is 6.07 Å². The zero-order chi connectivity index (χ0) is 14.9. The minimum Gasteiger partial charge on any atom is -0.461 e. The van der Waals surface area contributed by atoms with Crippen LogP contribution in [0.3, 0.4) is 0 Å². The number of nitriles is 1. The first kappa shape index (κ1) is 14.1. The predicted octanol–water partition coefficient (Wildman–Crippen LogP) is 3.58. The zero-order valence-corrected chi connectivity index (χ0v) is 12.2. The van der Waals surface area contributed by atoms with E-state index < -0.39 is 0 Å². The van der Waals surface area contributed by atoms with E-state index in [0.29, 0.717) is 17.9 Å². The van der Waals surface area contributed by atoms with E-state index in [1.165, 1.54) is 0 Å². The summed E-state index contributed by atoms with van der Waals surface area (Å²) in [6.07, 6.45) is 0. The molecule has 4 heteroatoms. The first-order valence-corrected chi connectivity index (χ1v) is 6.73. The van der Waals surface area contributed by atoms with Gasteiger partial charge in [-0.05, 0) is 51.5 Å². The standard InChI is InChI=1S/C16H18N2O2/c1-5-20-16(19)15-11(4)13-8-12(9-17)6-7-14(13)18(15)10(2)3/h6-8,10H,5H2,1-4H3. The molecular weight excluding hydrogens is 252 g/mol. The Morgan fingerprint density at radius 1 is 1.45 bits per heavy atom. The summed E-state index contributed by atoms with van der Waals surface area (Å²) >= 11 is 0. The highest BCUT2D eigenvalue weighted by Gasteiger charge is 2.22. The molecule has 4 nitrogen and oxygen atoms in total. The van der Waals surface area contributed by atoms with Crippen LogP contribution in [0.5, 0.6) is 0 Å². The molecule has 1 aromatic heterocycles. The van der Waals surface area contributed by atoms with Gasteiger partial charge in [0.05, 0.1) is 18.2 Å². The Bertz CT molecular complexity index is 705. The fourth-order valence-corrected chi connectivity index (χ4v) is 2.53. The van der Waals surface area contributed by atoms with E-state index in [-0.39, 0.29) is 12.0 Å². The first-order valence-electron chi connectivity index (χ1n) is 6.73. The SMILES string of the molecule is CCOC(=O)c1c(C)c2cc(C#N)ccc2n1C(C)C. The van der Waals surface area contributed by atoms with E-state index in [0.717, 1.165) is 16.5 Å². The normalized spacial score (nSPS) is 10.8. The molecule has 0 N–H and O–H groups in total.